The number of hydrogen-bond acceptors (Lipinski definition) is 4. The van der Waals surface area contributed by atoms with Gasteiger partial charge in [-0.1, -0.05) is 41.9 Å². The largest absolute Gasteiger partial charge is 0.361 e. The molecule has 2 aromatic rings. The first-order chi connectivity index (χ1) is 12.1. The molecular weight excluding hydrogens is 342 g/mol. The van der Waals surface area contributed by atoms with E-state index in [1.54, 1.807) is 48.5 Å². The van der Waals surface area contributed by atoms with Crippen molar-refractivity contribution in [3.63, 3.8) is 0 Å². The van der Waals surface area contributed by atoms with Crippen LogP contribution < -0.4 is 0 Å². The number of ether oxygens (including phenoxy) is 1. The molecule has 2 aliphatic heterocycles. The second-order valence-corrected chi connectivity index (χ2v) is 6.66. The lowest BCUT2D eigenvalue weighted by atomic mass is 9.94. The molecule has 1 amide bonds. The van der Waals surface area contributed by atoms with Crippen LogP contribution >= 0.6 is 11.6 Å². The van der Waals surface area contributed by atoms with Gasteiger partial charge in [-0.05, 0) is 31.0 Å². The summed E-state index contributed by atoms with van der Waals surface area (Å²) >= 11 is 5.97. The van der Waals surface area contributed by atoms with E-state index >= 15 is 0 Å². The van der Waals surface area contributed by atoms with Crippen molar-refractivity contribution in [2.45, 2.75) is 31.3 Å². The number of halogens is 1. The van der Waals surface area contributed by atoms with Gasteiger partial charge in [0.2, 0.25) is 5.72 Å². The van der Waals surface area contributed by atoms with E-state index in [1.807, 2.05) is 0 Å². The second-order valence-electron chi connectivity index (χ2n) is 6.23. The summed E-state index contributed by atoms with van der Waals surface area (Å²) in [4.78, 5) is 18.7. The molecule has 1 saturated heterocycles. The van der Waals surface area contributed by atoms with Gasteiger partial charge >= 0.3 is 0 Å². The Morgan fingerprint density at radius 1 is 1.16 bits per heavy atom. The highest BCUT2D eigenvalue weighted by atomic mass is 35.5. The smallest absolute Gasteiger partial charge is 0.281 e. The summed E-state index contributed by atoms with van der Waals surface area (Å²) in [5, 5.41) is 13.1. The number of rotatable bonds is 3. The van der Waals surface area contributed by atoms with Crippen LogP contribution in [-0.2, 0) is 15.3 Å². The summed E-state index contributed by atoms with van der Waals surface area (Å²) in [6.07, 6.45) is 2.05. The fourth-order valence-corrected chi connectivity index (χ4v) is 3.46. The van der Waals surface area contributed by atoms with E-state index in [4.69, 9.17) is 21.2 Å². The number of amides is 1. The summed E-state index contributed by atoms with van der Waals surface area (Å²) in [5.74, 6) is -0.387. The number of hydroxylamine groups is 2. The SMILES string of the molecule is O=C1c2ccccc2[C@](O)(c2ccc(Cl)cc2)N1O[C@@H]1CCCCO1. The molecule has 0 aliphatic carbocycles. The van der Waals surface area contributed by atoms with Gasteiger partial charge in [-0.15, -0.1) is 0 Å². The summed E-state index contributed by atoms with van der Waals surface area (Å²) in [6.45, 7) is 0.582. The first kappa shape index (κ1) is 16.5. The Hall–Kier alpha value is -1.92. The molecule has 1 N–H and O–H groups in total. The van der Waals surface area contributed by atoms with Gasteiger partial charge in [-0.2, -0.15) is 5.06 Å². The van der Waals surface area contributed by atoms with Crippen LogP contribution in [0.2, 0.25) is 5.02 Å². The third kappa shape index (κ3) is 2.73. The predicted octanol–water partition coefficient (Wildman–Crippen LogP) is 3.45. The van der Waals surface area contributed by atoms with Crippen molar-refractivity contribution in [1.29, 1.82) is 0 Å². The Morgan fingerprint density at radius 3 is 2.64 bits per heavy atom. The fourth-order valence-electron chi connectivity index (χ4n) is 3.33. The maximum absolute atomic E-state index is 12.9. The van der Waals surface area contributed by atoms with Crippen LogP contribution in [-0.4, -0.2) is 29.0 Å². The Kier molecular flexibility index (Phi) is 4.25. The van der Waals surface area contributed by atoms with E-state index in [-0.39, 0.29) is 5.91 Å². The molecule has 0 saturated carbocycles. The van der Waals surface area contributed by atoms with Crippen LogP contribution in [0.15, 0.2) is 48.5 Å². The molecule has 0 spiro atoms. The number of fused-ring (bicyclic) bond motifs is 1. The normalized spacial score (nSPS) is 25.9. The minimum absolute atomic E-state index is 0.387. The fraction of sp³-hybridized carbons (Fsp3) is 0.316. The predicted molar refractivity (Wildman–Crippen MR) is 91.7 cm³/mol. The van der Waals surface area contributed by atoms with E-state index in [0.29, 0.717) is 34.7 Å². The molecule has 1 fully saturated rings. The number of hydrogen-bond donors (Lipinski definition) is 1. The Balaban J connectivity index is 1.78. The lowest BCUT2D eigenvalue weighted by molar-refractivity contribution is -0.324. The summed E-state index contributed by atoms with van der Waals surface area (Å²) < 4.78 is 5.59. The zero-order chi connectivity index (χ0) is 17.4. The molecule has 6 heteroatoms. The van der Waals surface area contributed by atoms with Gasteiger partial charge in [0.15, 0.2) is 6.29 Å². The molecule has 0 unspecified atom stereocenters. The second kappa shape index (κ2) is 6.42. The number of aliphatic hydroxyl groups is 1. The van der Waals surface area contributed by atoms with Crippen LogP contribution in [0, 0.1) is 0 Å². The van der Waals surface area contributed by atoms with Gasteiger partial charge in [0.25, 0.3) is 5.91 Å². The lowest BCUT2D eigenvalue weighted by Crippen LogP contribution is -2.47. The molecule has 25 heavy (non-hydrogen) atoms. The number of carbonyl (C=O) groups excluding carboxylic acids is 1. The van der Waals surface area contributed by atoms with Gasteiger partial charge in [-0.25, -0.2) is 4.84 Å². The molecule has 0 bridgehead atoms. The van der Waals surface area contributed by atoms with E-state index in [1.165, 1.54) is 0 Å². The minimum atomic E-state index is -1.72. The Bertz CT molecular complexity index is 788. The molecule has 2 aliphatic rings. The zero-order valence-corrected chi connectivity index (χ0v) is 14.3. The third-order valence-electron chi connectivity index (χ3n) is 4.62. The maximum atomic E-state index is 12.9. The standard InChI is InChI=1S/C19H18ClNO4/c20-14-10-8-13(9-11-14)19(23)16-6-2-1-5-15(16)18(22)21(19)25-17-7-3-4-12-24-17/h1-2,5-6,8-11,17,23H,3-4,7,12H2/t17-,19-/m1/s1. The van der Waals surface area contributed by atoms with Crippen LogP contribution in [0.25, 0.3) is 0 Å². The highest BCUT2D eigenvalue weighted by molar-refractivity contribution is 6.30. The van der Waals surface area contributed by atoms with Gasteiger partial charge < -0.3 is 9.84 Å². The van der Waals surface area contributed by atoms with Crippen molar-refractivity contribution >= 4 is 17.5 Å². The van der Waals surface area contributed by atoms with Crippen molar-refractivity contribution in [2.24, 2.45) is 0 Å². The molecule has 2 atom stereocenters. The summed E-state index contributed by atoms with van der Waals surface area (Å²) in [5.41, 5.74) is -0.320. The lowest BCUT2D eigenvalue weighted by Gasteiger charge is -2.36. The van der Waals surface area contributed by atoms with E-state index in [2.05, 4.69) is 0 Å². The molecule has 0 radical (unpaired) electrons. The van der Waals surface area contributed by atoms with Crippen molar-refractivity contribution in [3.05, 3.63) is 70.2 Å². The van der Waals surface area contributed by atoms with Crippen molar-refractivity contribution in [1.82, 2.24) is 5.06 Å². The highest BCUT2D eigenvalue weighted by Gasteiger charge is 2.52. The Labute approximate surface area is 150 Å². The first-order valence-corrected chi connectivity index (χ1v) is 8.69. The Morgan fingerprint density at radius 2 is 1.92 bits per heavy atom. The minimum Gasteiger partial charge on any atom is -0.361 e. The quantitative estimate of drug-likeness (QED) is 0.912. The molecule has 2 aromatic carbocycles. The van der Waals surface area contributed by atoms with Crippen LogP contribution in [0.4, 0.5) is 0 Å². The van der Waals surface area contributed by atoms with Crippen molar-refractivity contribution in [3.8, 4) is 0 Å². The van der Waals surface area contributed by atoms with Crippen LogP contribution in [0.3, 0.4) is 0 Å². The van der Waals surface area contributed by atoms with Crippen molar-refractivity contribution < 1.29 is 19.5 Å². The topological polar surface area (TPSA) is 59.0 Å². The molecule has 5 nitrogen and oxygen atoms in total. The monoisotopic (exact) mass is 359 g/mol. The van der Waals surface area contributed by atoms with Gasteiger partial charge in [0.05, 0.1) is 5.56 Å². The first-order valence-electron chi connectivity index (χ1n) is 8.31. The number of benzene rings is 2. The average molecular weight is 360 g/mol. The van der Waals surface area contributed by atoms with E-state index in [9.17, 15) is 9.90 Å². The van der Waals surface area contributed by atoms with Gasteiger partial charge in [0.1, 0.15) is 0 Å². The van der Waals surface area contributed by atoms with E-state index in [0.717, 1.165) is 17.9 Å². The maximum Gasteiger partial charge on any atom is 0.281 e. The molecule has 2 heterocycles. The number of nitrogens with zero attached hydrogens (tertiary/aromatic N) is 1. The zero-order valence-electron chi connectivity index (χ0n) is 13.5. The molecule has 4 rings (SSSR count). The van der Waals surface area contributed by atoms with Gasteiger partial charge in [0, 0.05) is 29.2 Å². The van der Waals surface area contributed by atoms with Crippen LogP contribution in [0.1, 0.15) is 40.7 Å². The summed E-state index contributed by atoms with van der Waals surface area (Å²) in [6, 6.07) is 13.7. The summed E-state index contributed by atoms with van der Waals surface area (Å²) in [7, 11) is 0. The molecular formula is C19H18ClNO4. The third-order valence-corrected chi connectivity index (χ3v) is 4.87. The average Bonchev–Trinajstić information content (AvgIpc) is 2.86. The number of carbonyl (C=O) groups is 1. The molecule has 130 valence electrons. The van der Waals surface area contributed by atoms with Crippen molar-refractivity contribution in [2.75, 3.05) is 6.61 Å². The van der Waals surface area contributed by atoms with Crippen LogP contribution in [0.5, 0.6) is 0 Å². The highest BCUT2D eigenvalue weighted by Crippen LogP contribution is 2.43. The van der Waals surface area contributed by atoms with E-state index < -0.39 is 12.0 Å². The van der Waals surface area contributed by atoms with Gasteiger partial charge in [-0.3, -0.25) is 4.79 Å². The molecule has 0 aromatic heterocycles.